The average Bonchev–Trinajstić information content (AvgIpc) is 2.38. The number of carboxylic acids is 1. The molecule has 1 saturated heterocycles. The summed E-state index contributed by atoms with van der Waals surface area (Å²) in [7, 11) is 1.73. The lowest BCUT2D eigenvalue weighted by atomic mass is 9.94. The molecular formula is C14H18BrNO3. The molecule has 19 heavy (non-hydrogen) atoms. The van der Waals surface area contributed by atoms with E-state index in [0.717, 1.165) is 36.1 Å². The first-order valence-electron chi connectivity index (χ1n) is 6.27. The van der Waals surface area contributed by atoms with E-state index in [2.05, 4.69) is 27.8 Å². The van der Waals surface area contributed by atoms with Crippen molar-refractivity contribution in [2.45, 2.75) is 25.4 Å². The summed E-state index contributed by atoms with van der Waals surface area (Å²) < 4.78 is 6.35. The maximum atomic E-state index is 11.1. The topological polar surface area (TPSA) is 49.8 Å². The Morgan fingerprint density at radius 1 is 1.47 bits per heavy atom. The summed E-state index contributed by atoms with van der Waals surface area (Å²) in [5.74, 6) is -0.908. The van der Waals surface area contributed by atoms with Gasteiger partial charge in [0.15, 0.2) is 0 Å². The van der Waals surface area contributed by atoms with Crippen LogP contribution in [-0.4, -0.2) is 36.9 Å². The fourth-order valence-corrected chi connectivity index (χ4v) is 2.95. The van der Waals surface area contributed by atoms with E-state index in [-0.39, 0.29) is 5.60 Å². The number of rotatable bonds is 3. The monoisotopic (exact) mass is 327 g/mol. The van der Waals surface area contributed by atoms with E-state index < -0.39 is 5.97 Å². The lowest BCUT2D eigenvalue weighted by Gasteiger charge is -2.40. The molecule has 1 N–H and O–H groups in total. The van der Waals surface area contributed by atoms with Gasteiger partial charge in [-0.3, -0.25) is 0 Å². The van der Waals surface area contributed by atoms with Crippen LogP contribution in [-0.2, 0) is 4.74 Å². The lowest BCUT2D eigenvalue weighted by Crippen LogP contribution is -2.47. The first-order chi connectivity index (χ1) is 8.93. The Kier molecular flexibility index (Phi) is 4.16. The molecule has 0 radical (unpaired) electrons. The fraction of sp³-hybridized carbons (Fsp3) is 0.500. The van der Waals surface area contributed by atoms with Crippen LogP contribution in [0.1, 0.15) is 30.1 Å². The summed E-state index contributed by atoms with van der Waals surface area (Å²) in [6.07, 6.45) is 2.07. The summed E-state index contributed by atoms with van der Waals surface area (Å²) in [6.45, 7) is 3.79. The number of nitrogens with zero attached hydrogens (tertiary/aromatic N) is 1. The number of benzene rings is 1. The maximum absolute atomic E-state index is 11.1. The third-order valence-electron chi connectivity index (χ3n) is 3.65. The minimum Gasteiger partial charge on any atom is -0.478 e. The van der Waals surface area contributed by atoms with Crippen molar-refractivity contribution < 1.29 is 14.6 Å². The standard InChI is InChI=1S/C14H18BrNO3/c1-14(19-2)4-3-5-16(9-14)12-7-10(13(17)18)6-11(15)8-12/h6-8H,3-5,9H2,1-2H3,(H,17,18). The Morgan fingerprint density at radius 2 is 2.21 bits per heavy atom. The SMILES string of the molecule is COC1(C)CCCN(c2cc(Br)cc(C(=O)O)c2)C1. The van der Waals surface area contributed by atoms with Crippen LogP contribution < -0.4 is 4.90 Å². The average molecular weight is 328 g/mol. The molecule has 1 aliphatic heterocycles. The van der Waals surface area contributed by atoms with Gasteiger partial charge in [-0.25, -0.2) is 4.79 Å². The molecular weight excluding hydrogens is 310 g/mol. The number of anilines is 1. The minimum atomic E-state index is -0.908. The summed E-state index contributed by atoms with van der Waals surface area (Å²) >= 11 is 3.37. The molecule has 1 aliphatic rings. The van der Waals surface area contributed by atoms with Gasteiger partial charge in [0.05, 0.1) is 11.2 Å². The smallest absolute Gasteiger partial charge is 0.335 e. The van der Waals surface area contributed by atoms with Gasteiger partial charge >= 0.3 is 5.97 Å². The van der Waals surface area contributed by atoms with E-state index in [1.54, 1.807) is 19.2 Å². The molecule has 0 amide bonds. The number of piperidine rings is 1. The third kappa shape index (κ3) is 3.28. The van der Waals surface area contributed by atoms with Crippen LogP contribution in [0.5, 0.6) is 0 Å². The molecule has 0 aliphatic carbocycles. The second-order valence-electron chi connectivity index (χ2n) is 5.18. The first-order valence-corrected chi connectivity index (χ1v) is 7.07. The molecule has 0 saturated carbocycles. The van der Waals surface area contributed by atoms with Gasteiger partial charge < -0.3 is 14.7 Å². The molecule has 104 valence electrons. The Balaban J connectivity index is 2.28. The van der Waals surface area contributed by atoms with E-state index in [1.807, 2.05) is 6.07 Å². The van der Waals surface area contributed by atoms with Crippen molar-refractivity contribution >= 4 is 27.6 Å². The molecule has 0 spiro atoms. The zero-order valence-corrected chi connectivity index (χ0v) is 12.7. The Bertz CT molecular complexity index is 492. The number of aromatic carboxylic acids is 1. The molecule has 1 fully saturated rings. The van der Waals surface area contributed by atoms with E-state index >= 15 is 0 Å². The largest absolute Gasteiger partial charge is 0.478 e. The van der Waals surface area contributed by atoms with Crippen molar-refractivity contribution in [2.75, 3.05) is 25.1 Å². The molecule has 0 bridgehead atoms. The molecule has 1 aromatic carbocycles. The summed E-state index contributed by atoms with van der Waals surface area (Å²) in [5, 5.41) is 9.12. The quantitative estimate of drug-likeness (QED) is 0.926. The fourth-order valence-electron chi connectivity index (χ4n) is 2.47. The second-order valence-corrected chi connectivity index (χ2v) is 6.10. The second kappa shape index (κ2) is 5.51. The van der Waals surface area contributed by atoms with Crippen LogP contribution >= 0.6 is 15.9 Å². The first kappa shape index (κ1) is 14.3. The van der Waals surface area contributed by atoms with Crippen molar-refractivity contribution in [3.05, 3.63) is 28.2 Å². The van der Waals surface area contributed by atoms with Crippen LogP contribution in [0, 0.1) is 0 Å². The molecule has 4 nitrogen and oxygen atoms in total. The highest BCUT2D eigenvalue weighted by molar-refractivity contribution is 9.10. The number of methoxy groups -OCH3 is 1. The highest BCUT2D eigenvalue weighted by Gasteiger charge is 2.31. The Labute approximate surface area is 121 Å². The van der Waals surface area contributed by atoms with Crippen LogP contribution in [0.25, 0.3) is 0 Å². The summed E-state index contributed by atoms with van der Waals surface area (Å²) in [4.78, 5) is 13.3. The van der Waals surface area contributed by atoms with Crippen LogP contribution in [0.15, 0.2) is 22.7 Å². The van der Waals surface area contributed by atoms with Gasteiger partial charge in [-0.15, -0.1) is 0 Å². The Morgan fingerprint density at radius 3 is 2.84 bits per heavy atom. The highest BCUT2D eigenvalue weighted by atomic mass is 79.9. The van der Waals surface area contributed by atoms with Gasteiger partial charge in [0, 0.05) is 30.4 Å². The van der Waals surface area contributed by atoms with Gasteiger partial charge in [-0.2, -0.15) is 0 Å². The highest BCUT2D eigenvalue weighted by Crippen LogP contribution is 2.30. The van der Waals surface area contributed by atoms with Crippen molar-refractivity contribution in [2.24, 2.45) is 0 Å². The number of carboxylic acid groups (broad SMARTS) is 1. The predicted octanol–water partition coefficient (Wildman–Crippen LogP) is 3.15. The predicted molar refractivity (Wildman–Crippen MR) is 78.0 cm³/mol. The molecule has 1 atom stereocenters. The number of hydrogen-bond donors (Lipinski definition) is 1. The maximum Gasteiger partial charge on any atom is 0.335 e. The van der Waals surface area contributed by atoms with Crippen molar-refractivity contribution in [1.29, 1.82) is 0 Å². The van der Waals surface area contributed by atoms with Gasteiger partial charge in [0.1, 0.15) is 0 Å². The molecule has 1 aromatic rings. The molecule has 1 heterocycles. The molecule has 1 unspecified atom stereocenters. The number of halogens is 1. The van der Waals surface area contributed by atoms with E-state index in [9.17, 15) is 4.79 Å². The van der Waals surface area contributed by atoms with E-state index in [4.69, 9.17) is 9.84 Å². The minimum absolute atomic E-state index is 0.163. The molecule has 5 heteroatoms. The zero-order valence-electron chi connectivity index (χ0n) is 11.1. The van der Waals surface area contributed by atoms with Crippen LogP contribution in [0.3, 0.4) is 0 Å². The number of hydrogen-bond acceptors (Lipinski definition) is 3. The van der Waals surface area contributed by atoms with Crippen molar-refractivity contribution in [3.8, 4) is 0 Å². The Hall–Kier alpha value is -1.07. The molecule has 2 rings (SSSR count). The lowest BCUT2D eigenvalue weighted by molar-refractivity contribution is -0.00465. The van der Waals surface area contributed by atoms with Crippen LogP contribution in [0.2, 0.25) is 0 Å². The summed E-state index contributed by atoms with van der Waals surface area (Å²) in [5.41, 5.74) is 1.06. The van der Waals surface area contributed by atoms with Crippen LogP contribution in [0.4, 0.5) is 5.69 Å². The third-order valence-corrected chi connectivity index (χ3v) is 4.10. The normalized spacial score (nSPS) is 23.4. The zero-order chi connectivity index (χ0) is 14.0. The van der Waals surface area contributed by atoms with Gasteiger partial charge in [-0.1, -0.05) is 15.9 Å². The number of carbonyl (C=O) groups is 1. The van der Waals surface area contributed by atoms with Gasteiger partial charge in [0.25, 0.3) is 0 Å². The summed E-state index contributed by atoms with van der Waals surface area (Å²) in [6, 6.07) is 5.29. The van der Waals surface area contributed by atoms with Gasteiger partial charge in [0.2, 0.25) is 0 Å². The van der Waals surface area contributed by atoms with Crippen molar-refractivity contribution in [3.63, 3.8) is 0 Å². The number of ether oxygens (including phenoxy) is 1. The molecule has 0 aromatic heterocycles. The van der Waals surface area contributed by atoms with Gasteiger partial charge in [-0.05, 0) is 38.0 Å². The van der Waals surface area contributed by atoms with Crippen molar-refractivity contribution in [1.82, 2.24) is 0 Å². The van der Waals surface area contributed by atoms with E-state index in [0.29, 0.717) is 5.56 Å². The van der Waals surface area contributed by atoms with E-state index in [1.165, 1.54) is 0 Å².